The Morgan fingerprint density at radius 2 is 1.87 bits per heavy atom. The molecule has 1 aliphatic rings. The van der Waals surface area contributed by atoms with Crippen molar-refractivity contribution in [1.82, 2.24) is 4.57 Å². The van der Waals surface area contributed by atoms with Crippen molar-refractivity contribution in [1.29, 1.82) is 0 Å². The number of hydrogen-bond acceptors (Lipinski definition) is 11. The Morgan fingerprint density at radius 3 is 2.53 bits per heavy atom. The first-order valence-electron chi connectivity index (χ1n) is 13.3. The largest absolute Gasteiger partial charge is 0.497 e. The fourth-order valence-corrected chi connectivity index (χ4v) is 7.06. The number of nitrogens with zero attached hydrogens (tertiary/aromatic N) is 3. The molecule has 0 bridgehead atoms. The maximum absolute atomic E-state index is 14.0. The van der Waals surface area contributed by atoms with Gasteiger partial charge in [0.25, 0.3) is 11.2 Å². The molecule has 1 unspecified atom stereocenters. The number of carbonyl (C=O) groups excluding carboxylic acids is 1. The molecule has 0 radical (unpaired) electrons. The molecule has 15 heteroatoms. The Morgan fingerprint density at radius 1 is 1.16 bits per heavy atom. The van der Waals surface area contributed by atoms with Crippen molar-refractivity contribution in [2.24, 2.45) is 4.99 Å². The molecule has 0 fully saturated rings. The van der Waals surface area contributed by atoms with Gasteiger partial charge in [-0.05, 0) is 61.9 Å². The van der Waals surface area contributed by atoms with E-state index in [-0.39, 0.29) is 37.8 Å². The van der Waals surface area contributed by atoms with Crippen LogP contribution < -0.4 is 23.8 Å². The Balaban J connectivity index is 1.66. The summed E-state index contributed by atoms with van der Waals surface area (Å²) in [6, 6.07) is 14.8. The number of nitro benzene ring substituents is 1. The van der Waals surface area contributed by atoms with Crippen LogP contribution in [0.1, 0.15) is 31.0 Å². The third-order valence-corrected chi connectivity index (χ3v) is 9.24. The fraction of sp³-hybridized carbons (Fsp3) is 0.167. The van der Waals surface area contributed by atoms with E-state index in [0.29, 0.717) is 17.0 Å². The zero-order valence-electron chi connectivity index (χ0n) is 23.9. The maximum Gasteiger partial charge on any atom is 0.346 e. The quantitative estimate of drug-likeness (QED) is 0.111. The van der Waals surface area contributed by atoms with Gasteiger partial charge in [-0.25, -0.2) is 9.79 Å². The number of methoxy groups -OCH3 is 1. The van der Waals surface area contributed by atoms with E-state index in [1.54, 1.807) is 38.1 Å². The lowest BCUT2D eigenvalue weighted by Crippen LogP contribution is -2.39. The van der Waals surface area contributed by atoms with E-state index in [1.165, 1.54) is 48.1 Å². The first kappa shape index (κ1) is 31.6. The second-order valence-electron chi connectivity index (χ2n) is 9.52. The highest BCUT2D eigenvalue weighted by Gasteiger charge is 2.33. The van der Waals surface area contributed by atoms with Crippen LogP contribution in [0.2, 0.25) is 5.02 Å². The average molecular weight is 670 g/mol. The number of hydrogen-bond donors (Lipinski definition) is 0. The van der Waals surface area contributed by atoms with Crippen LogP contribution in [0.5, 0.6) is 11.5 Å². The molecule has 0 N–H and O–H groups in total. The van der Waals surface area contributed by atoms with Crippen LogP contribution in [0.4, 0.5) is 5.69 Å². The number of ether oxygens (including phenoxy) is 2. The van der Waals surface area contributed by atoms with Gasteiger partial charge < -0.3 is 13.7 Å². The van der Waals surface area contributed by atoms with Gasteiger partial charge in [0.2, 0.25) is 0 Å². The summed E-state index contributed by atoms with van der Waals surface area (Å²) in [5.41, 5.74) is 0.0713. The predicted octanol–water partition coefficient (Wildman–Crippen LogP) is 4.14. The van der Waals surface area contributed by atoms with E-state index in [4.69, 9.17) is 25.3 Å². The second kappa shape index (κ2) is 12.7. The summed E-state index contributed by atoms with van der Waals surface area (Å²) in [5.74, 6) is -0.271. The molecule has 12 nitrogen and oxygen atoms in total. The van der Waals surface area contributed by atoms with Crippen LogP contribution in [0.15, 0.2) is 92.7 Å². The summed E-state index contributed by atoms with van der Waals surface area (Å²) in [4.78, 5) is 41.9. The number of thiazole rings is 1. The first-order valence-corrected chi connectivity index (χ1v) is 15.9. The Bertz CT molecular complexity index is 2160. The summed E-state index contributed by atoms with van der Waals surface area (Å²) in [5, 5.41) is 11.7. The van der Waals surface area contributed by atoms with E-state index >= 15 is 0 Å². The van der Waals surface area contributed by atoms with Crippen LogP contribution >= 0.6 is 22.9 Å². The Hall–Kier alpha value is -4.79. The fourth-order valence-electron chi connectivity index (χ4n) is 4.72. The number of carbonyl (C=O) groups is 1. The van der Waals surface area contributed by atoms with Crippen molar-refractivity contribution >= 4 is 50.8 Å². The summed E-state index contributed by atoms with van der Waals surface area (Å²) >= 11 is 7.24. The molecule has 232 valence electrons. The number of para-hydroxylation sites is 1. The maximum atomic E-state index is 14.0. The molecule has 45 heavy (non-hydrogen) atoms. The predicted molar refractivity (Wildman–Crippen MR) is 166 cm³/mol. The monoisotopic (exact) mass is 669 g/mol. The van der Waals surface area contributed by atoms with Crippen LogP contribution in [-0.4, -0.2) is 37.6 Å². The van der Waals surface area contributed by atoms with Gasteiger partial charge in [-0.2, -0.15) is 8.42 Å². The van der Waals surface area contributed by atoms with E-state index in [0.717, 1.165) is 23.5 Å². The lowest BCUT2D eigenvalue weighted by molar-refractivity contribution is -0.387. The molecule has 0 saturated carbocycles. The molecule has 1 atom stereocenters. The number of fused-ring (bicyclic) bond motifs is 1. The number of aromatic nitrogens is 1. The van der Waals surface area contributed by atoms with Crippen molar-refractivity contribution in [3.63, 3.8) is 0 Å². The normalized spacial score (nSPS) is 14.8. The van der Waals surface area contributed by atoms with Crippen LogP contribution in [0, 0.1) is 10.1 Å². The smallest absolute Gasteiger partial charge is 0.346 e. The van der Waals surface area contributed by atoms with E-state index in [1.807, 2.05) is 0 Å². The van der Waals surface area contributed by atoms with Crippen molar-refractivity contribution < 1.29 is 31.8 Å². The minimum atomic E-state index is -4.68. The molecule has 3 aromatic carbocycles. The third kappa shape index (κ3) is 6.25. The molecule has 0 spiro atoms. The molecule has 0 saturated heterocycles. The summed E-state index contributed by atoms with van der Waals surface area (Å²) in [6.45, 7) is 3.44. The van der Waals surface area contributed by atoms with Gasteiger partial charge in [-0.1, -0.05) is 47.2 Å². The Kier molecular flexibility index (Phi) is 8.91. The highest BCUT2D eigenvalue weighted by atomic mass is 35.5. The van der Waals surface area contributed by atoms with Gasteiger partial charge in [0.05, 0.1) is 40.5 Å². The summed E-state index contributed by atoms with van der Waals surface area (Å²) in [6.07, 6.45) is 1.38. The van der Waals surface area contributed by atoms with Crippen molar-refractivity contribution in [3.8, 4) is 11.5 Å². The minimum absolute atomic E-state index is 0.109. The van der Waals surface area contributed by atoms with Crippen LogP contribution in [0.3, 0.4) is 0 Å². The molecular formula is C30H24ClN3O9S2. The van der Waals surface area contributed by atoms with Crippen molar-refractivity contribution in [2.75, 3.05) is 13.7 Å². The highest BCUT2D eigenvalue weighted by molar-refractivity contribution is 7.87. The SMILES string of the molecule is CCOC(=O)C1=C(C)N=c2sc(=Cc3cc(Cl)ccc3OS(=O)(=O)c3ccccc3[N+](=O)[O-])c(=O)n2C1c1ccc(OC)cc1. The molecule has 0 aliphatic carbocycles. The third-order valence-electron chi connectivity index (χ3n) is 6.74. The lowest BCUT2D eigenvalue weighted by Gasteiger charge is -2.24. The first-order chi connectivity index (χ1) is 21.4. The van der Waals surface area contributed by atoms with E-state index in [2.05, 4.69) is 4.99 Å². The minimum Gasteiger partial charge on any atom is -0.497 e. The highest BCUT2D eigenvalue weighted by Crippen LogP contribution is 2.33. The molecular weight excluding hydrogens is 646 g/mol. The van der Waals surface area contributed by atoms with Crippen molar-refractivity contribution in [2.45, 2.75) is 24.8 Å². The number of allylic oxidation sites excluding steroid dienone is 1. The van der Waals surface area contributed by atoms with Crippen LogP contribution in [0.25, 0.3) is 6.08 Å². The zero-order valence-corrected chi connectivity index (χ0v) is 26.3. The van der Waals surface area contributed by atoms with Crippen LogP contribution in [-0.2, 0) is 19.6 Å². The second-order valence-corrected chi connectivity index (χ2v) is 12.5. The van der Waals surface area contributed by atoms with Gasteiger partial charge in [0, 0.05) is 16.7 Å². The van der Waals surface area contributed by atoms with E-state index in [9.17, 15) is 28.1 Å². The number of halogens is 1. The topological polar surface area (TPSA) is 156 Å². The molecule has 0 amide bonds. The number of nitro groups is 1. The molecule has 1 aromatic heterocycles. The lowest BCUT2D eigenvalue weighted by atomic mass is 9.96. The molecule has 4 aromatic rings. The van der Waals surface area contributed by atoms with Gasteiger partial charge >= 0.3 is 16.1 Å². The standard InChI is InChI=1S/C30H24ClN3O9S2/c1-4-42-29(36)26-17(2)32-30-33(27(26)18-9-12-21(41-3)13-10-18)28(35)24(44-30)16-19-15-20(31)11-14-23(19)43-45(39,40)25-8-6-5-7-22(25)34(37)38/h5-16,27H,4H2,1-3H3. The molecule has 2 heterocycles. The van der Waals surface area contributed by atoms with E-state index < -0.39 is 43.2 Å². The van der Waals surface area contributed by atoms with Gasteiger partial charge in [0.1, 0.15) is 11.5 Å². The molecule has 1 aliphatic heterocycles. The number of benzene rings is 3. The number of esters is 1. The van der Waals surface area contributed by atoms with Gasteiger partial charge in [-0.15, -0.1) is 0 Å². The summed E-state index contributed by atoms with van der Waals surface area (Å²) < 4.78 is 43.8. The number of rotatable bonds is 9. The van der Waals surface area contributed by atoms with Gasteiger partial charge in [0.15, 0.2) is 9.70 Å². The molecule has 5 rings (SSSR count). The Labute approximate surface area is 265 Å². The summed E-state index contributed by atoms with van der Waals surface area (Å²) in [7, 11) is -3.16. The zero-order chi connectivity index (χ0) is 32.5. The average Bonchev–Trinajstić information content (AvgIpc) is 3.31. The van der Waals surface area contributed by atoms with Crippen molar-refractivity contribution in [3.05, 3.63) is 124 Å². The van der Waals surface area contributed by atoms with Gasteiger partial charge in [-0.3, -0.25) is 19.5 Å².